The molecule has 1 aromatic heterocycles. The van der Waals surface area contributed by atoms with Gasteiger partial charge in [-0.2, -0.15) is 0 Å². The average Bonchev–Trinajstić information content (AvgIpc) is 2.83. The number of allylic oxidation sites excluding steroid dienone is 3. The lowest BCUT2D eigenvalue weighted by Gasteiger charge is -2.14. The van der Waals surface area contributed by atoms with E-state index in [0.717, 1.165) is 25.7 Å². The summed E-state index contributed by atoms with van der Waals surface area (Å²) in [5, 5.41) is 0.672. The van der Waals surface area contributed by atoms with E-state index in [0.29, 0.717) is 35.7 Å². The standard InChI is InChI=1S/C30H44O5/c1-6-7-8-9-10-11-12-13-21-33-29-28(34-22-20-24(4)17-14-16-23(2)3)25-18-15-19-26(32-5)27(25)35-30(29)31/h15-16,18-20H,6-14,17,21-22H2,1-5H3. The summed E-state index contributed by atoms with van der Waals surface area (Å²) < 4.78 is 23.1. The zero-order chi connectivity index (χ0) is 25.5. The minimum Gasteiger partial charge on any atom is -0.493 e. The Bertz CT molecular complexity index is 1010. The zero-order valence-corrected chi connectivity index (χ0v) is 22.4. The van der Waals surface area contributed by atoms with Gasteiger partial charge in [-0.05, 0) is 58.2 Å². The van der Waals surface area contributed by atoms with Crippen molar-refractivity contribution in [3.8, 4) is 17.2 Å². The molecule has 0 aliphatic heterocycles. The van der Waals surface area contributed by atoms with Crippen molar-refractivity contribution < 1.29 is 18.6 Å². The highest BCUT2D eigenvalue weighted by Crippen LogP contribution is 2.37. The van der Waals surface area contributed by atoms with Gasteiger partial charge in [-0.3, -0.25) is 0 Å². The maximum atomic E-state index is 12.8. The van der Waals surface area contributed by atoms with E-state index >= 15 is 0 Å². The van der Waals surface area contributed by atoms with Crippen molar-refractivity contribution >= 4 is 11.0 Å². The monoisotopic (exact) mass is 484 g/mol. The van der Waals surface area contributed by atoms with E-state index in [2.05, 4.69) is 39.8 Å². The predicted octanol–water partition coefficient (Wildman–Crippen LogP) is 8.39. The number of methoxy groups -OCH3 is 1. The lowest BCUT2D eigenvalue weighted by Crippen LogP contribution is -2.12. The maximum Gasteiger partial charge on any atom is 0.383 e. The first-order valence-electron chi connectivity index (χ1n) is 13.2. The molecule has 35 heavy (non-hydrogen) atoms. The van der Waals surface area contributed by atoms with E-state index < -0.39 is 5.63 Å². The summed E-state index contributed by atoms with van der Waals surface area (Å²) >= 11 is 0. The molecule has 0 fully saturated rings. The van der Waals surface area contributed by atoms with Crippen molar-refractivity contribution in [3.05, 3.63) is 51.9 Å². The fourth-order valence-corrected chi connectivity index (χ4v) is 3.95. The van der Waals surface area contributed by atoms with Crippen molar-refractivity contribution in [2.24, 2.45) is 0 Å². The van der Waals surface area contributed by atoms with Crippen LogP contribution in [0.1, 0.15) is 91.9 Å². The summed E-state index contributed by atoms with van der Waals surface area (Å²) in [5.74, 6) is 1.06. The molecule has 0 amide bonds. The van der Waals surface area contributed by atoms with Gasteiger partial charge in [-0.15, -0.1) is 0 Å². The van der Waals surface area contributed by atoms with Crippen LogP contribution in [0.3, 0.4) is 0 Å². The van der Waals surface area contributed by atoms with Crippen LogP contribution < -0.4 is 19.8 Å². The second-order valence-electron chi connectivity index (χ2n) is 9.39. The third-order valence-electron chi connectivity index (χ3n) is 6.02. The molecule has 0 aliphatic carbocycles. The molecule has 1 heterocycles. The third kappa shape index (κ3) is 9.83. The summed E-state index contributed by atoms with van der Waals surface area (Å²) in [6.07, 6.45) is 15.9. The normalized spacial score (nSPS) is 11.5. The summed E-state index contributed by atoms with van der Waals surface area (Å²) in [5.41, 5.74) is 2.40. The van der Waals surface area contributed by atoms with E-state index in [9.17, 15) is 4.79 Å². The quantitative estimate of drug-likeness (QED) is 0.128. The molecule has 0 N–H and O–H groups in total. The summed E-state index contributed by atoms with van der Waals surface area (Å²) in [4.78, 5) is 12.8. The van der Waals surface area contributed by atoms with E-state index in [-0.39, 0.29) is 5.75 Å². The second-order valence-corrected chi connectivity index (χ2v) is 9.39. The van der Waals surface area contributed by atoms with Crippen LogP contribution in [0, 0.1) is 0 Å². The van der Waals surface area contributed by atoms with E-state index in [1.54, 1.807) is 13.2 Å². The Morgan fingerprint density at radius 2 is 1.63 bits per heavy atom. The third-order valence-corrected chi connectivity index (χ3v) is 6.02. The highest BCUT2D eigenvalue weighted by Gasteiger charge is 2.20. The number of benzene rings is 1. The Hall–Kier alpha value is -2.69. The van der Waals surface area contributed by atoms with Gasteiger partial charge in [0.1, 0.15) is 6.61 Å². The van der Waals surface area contributed by atoms with Crippen LogP contribution >= 0.6 is 0 Å². The summed E-state index contributed by atoms with van der Waals surface area (Å²) in [6.45, 7) is 9.36. The van der Waals surface area contributed by atoms with Crippen LogP contribution in [-0.2, 0) is 0 Å². The van der Waals surface area contributed by atoms with Crippen LogP contribution in [0.4, 0.5) is 0 Å². The van der Waals surface area contributed by atoms with E-state index in [1.165, 1.54) is 49.7 Å². The van der Waals surface area contributed by atoms with Gasteiger partial charge in [0.2, 0.25) is 5.75 Å². The Balaban J connectivity index is 2.09. The topological polar surface area (TPSA) is 57.9 Å². The van der Waals surface area contributed by atoms with Gasteiger partial charge in [0.15, 0.2) is 17.1 Å². The summed E-state index contributed by atoms with van der Waals surface area (Å²) in [7, 11) is 1.56. The summed E-state index contributed by atoms with van der Waals surface area (Å²) in [6, 6.07) is 5.49. The smallest absolute Gasteiger partial charge is 0.383 e. The first-order chi connectivity index (χ1) is 17.0. The van der Waals surface area contributed by atoms with Crippen molar-refractivity contribution in [1.29, 1.82) is 0 Å². The van der Waals surface area contributed by atoms with E-state index in [4.69, 9.17) is 18.6 Å². The molecule has 0 radical (unpaired) electrons. The first kappa shape index (κ1) is 28.5. The lowest BCUT2D eigenvalue weighted by atomic mass is 10.1. The molecular weight excluding hydrogens is 440 g/mol. The fourth-order valence-electron chi connectivity index (χ4n) is 3.95. The van der Waals surface area contributed by atoms with Gasteiger partial charge in [-0.1, -0.05) is 75.2 Å². The molecule has 0 atom stereocenters. The molecule has 0 saturated heterocycles. The Morgan fingerprint density at radius 1 is 0.914 bits per heavy atom. The van der Waals surface area contributed by atoms with Gasteiger partial charge < -0.3 is 18.6 Å². The van der Waals surface area contributed by atoms with Crippen LogP contribution in [0.5, 0.6) is 17.2 Å². The zero-order valence-electron chi connectivity index (χ0n) is 22.4. The molecule has 0 aliphatic rings. The molecule has 5 heteroatoms. The van der Waals surface area contributed by atoms with Gasteiger partial charge in [0.05, 0.1) is 19.1 Å². The van der Waals surface area contributed by atoms with Crippen LogP contribution in [0.15, 0.2) is 50.7 Å². The highest BCUT2D eigenvalue weighted by atomic mass is 16.5. The number of ether oxygens (including phenoxy) is 3. The molecule has 194 valence electrons. The van der Waals surface area contributed by atoms with E-state index in [1.807, 2.05) is 12.1 Å². The fraction of sp³-hybridized carbons (Fsp3) is 0.567. The first-order valence-corrected chi connectivity index (χ1v) is 13.2. The minimum absolute atomic E-state index is 0.143. The van der Waals surface area contributed by atoms with Crippen molar-refractivity contribution in [2.45, 2.75) is 91.9 Å². The van der Waals surface area contributed by atoms with Crippen LogP contribution in [0.25, 0.3) is 11.0 Å². The van der Waals surface area contributed by atoms with Gasteiger partial charge in [0.25, 0.3) is 0 Å². The second kappa shape index (κ2) is 16.1. The Morgan fingerprint density at radius 3 is 2.31 bits per heavy atom. The SMILES string of the molecule is CCCCCCCCCCOc1c(OCC=C(C)CCC=C(C)C)c2cccc(OC)c2oc1=O. The lowest BCUT2D eigenvalue weighted by molar-refractivity contribution is 0.264. The predicted molar refractivity (Wildman–Crippen MR) is 145 cm³/mol. The number of fused-ring (bicyclic) bond motifs is 1. The van der Waals surface area contributed by atoms with Gasteiger partial charge >= 0.3 is 5.63 Å². The molecule has 0 saturated carbocycles. The maximum absolute atomic E-state index is 12.8. The number of hydrogen-bond acceptors (Lipinski definition) is 5. The van der Waals surface area contributed by atoms with Crippen molar-refractivity contribution in [3.63, 3.8) is 0 Å². The minimum atomic E-state index is -0.541. The Labute approximate surface area is 211 Å². The Kier molecular flexibility index (Phi) is 13.1. The van der Waals surface area contributed by atoms with Gasteiger partial charge in [-0.25, -0.2) is 4.79 Å². The number of unbranched alkanes of at least 4 members (excludes halogenated alkanes) is 7. The largest absolute Gasteiger partial charge is 0.493 e. The van der Waals surface area contributed by atoms with Crippen molar-refractivity contribution in [2.75, 3.05) is 20.3 Å². The number of para-hydroxylation sites is 1. The highest BCUT2D eigenvalue weighted by molar-refractivity contribution is 5.89. The number of rotatable bonds is 17. The van der Waals surface area contributed by atoms with Crippen LogP contribution in [-0.4, -0.2) is 20.3 Å². The number of hydrogen-bond donors (Lipinski definition) is 0. The van der Waals surface area contributed by atoms with Crippen LogP contribution in [0.2, 0.25) is 0 Å². The van der Waals surface area contributed by atoms with Gasteiger partial charge in [0, 0.05) is 0 Å². The molecule has 1 aromatic carbocycles. The van der Waals surface area contributed by atoms with Crippen molar-refractivity contribution in [1.82, 2.24) is 0 Å². The molecule has 5 nitrogen and oxygen atoms in total. The molecule has 0 spiro atoms. The molecular formula is C30H44O5. The average molecular weight is 485 g/mol. The molecule has 0 bridgehead atoms. The molecule has 0 unspecified atom stereocenters. The molecule has 2 aromatic rings. The molecule has 2 rings (SSSR count).